The first kappa shape index (κ1) is 11.7. The first-order valence-electron chi connectivity index (χ1n) is 6.07. The Morgan fingerprint density at radius 1 is 1.50 bits per heavy atom. The summed E-state index contributed by atoms with van der Waals surface area (Å²) in [6, 6.07) is 5.89. The van der Waals surface area contributed by atoms with E-state index in [9.17, 15) is 5.11 Å². The maximum atomic E-state index is 9.83. The maximum Gasteiger partial charge on any atom is 0.131 e. The zero-order valence-electron chi connectivity index (χ0n) is 10.2. The van der Waals surface area contributed by atoms with Gasteiger partial charge in [-0.25, -0.2) is 4.98 Å². The van der Waals surface area contributed by atoms with E-state index in [1.54, 1.807) is 11.3 Å². The average molecular weight is 261 g/mol. The van der Waals surface area contributed by atoms with Crippen LogP contribution in [0.1, 0.15) is 34.4 Å². The second-order valence-corrected chi connectivity index (χ2v) is 5.59. The van der Waals surface area contributed by atoms with Crippen LogP contribution in [0.3, 0.4) is 0 Å². The molecule has 3 nitrogen and oxygen atoms in total. The number of nitrogens with zero attached hydrogens (tertiary/aromatic N) is 1. The van der Waals surface area contributed by atoms with Gasteiger partial charge in [0.25, 0.3) is 0 Å². The first-order chi connectivity index (χ1) is 8.74. The fourth-order valence-electron chi connectivity index (χ4n) is 2.36. The lowest BCUT2D eigenvalue weighted by Crippen LogP contribution is -1.99. The second-order valence-electron chi connectivity index (χ2n) is 4.52. The normalized spacial score (nSPS) is 17.8. The van der Waals surface area contributed by atoms with E-state index < -0.39 is 0 Å². The van der Waals surface area contributed by atoms with Crippen molar-refractivity contribution in [2.75, 3.05) is 0 Å². The predicted octanol–water partition coefficient (Wildman–Crippen LogP) is 3.01. The predicted molar refractivity (Wildman–Crippen MR) is 70.9 cm³/mol. The Balaban J connectivity index is 1.78. The van der Waals surface area contributed by atoms with E-state index in [0.29, 0.717) is 6.61 Å². The molecule has 0 amide bonds. The van der Waals surface area contributed by atoms with Crippen molar-refractivity contribution in [1.29, 1.82) is 0 Å². The van der Waals surface area contributed by atoms with Crippen LogP contribution >= 0.6 is 11.3 Å². The van der Waals surface area contributed by atoms with Gasteiger partial charge < -0.3 is 9.84 Å². The minimum atomic E-state index is -0.329. The Labute approximate surface area is 110 Å². The molecule has 2 aromatic rings. The molecule has 1 unspecified atom stereocenters. The van der Waals surface area contributed by atoms with E-state index in [4.69, 9.17) is 4.74 Å². The van der Waals surface area contributed by atoms with E-state index in [1.807, 2.05) is 30.5 Å². The fourth-order valence-corrected chi connectivity index (χ4v) is 2.96. The van der Waals surface area contributed by atoms with E-state index >= 15 is 0 Å². The quantitative estimate of drug-likeness (QED) is 0.923. The Kier molecular flexibility index (Phi) is 3.06. The van der Waals surface area contributed by atoms with Crippen LogP contribution in [0.4, 0.5) is 0 Å². The van der Waals surface area contributed by atoms with Crippen LogP contribution in [0, 0.1) is 6.92 Å². The lowest BCUT2D eigenvalue weighted by atomic mass is 10.1. The first-order valence-corrected chi connectivity index (χ1v) is 6.95. The highest BCUT2D eigenvalue weighted by molar-refractivity contribution is 7.09. The number of aliphatic hydroxyl groups excluding tert-OH is 1. The molecule has 0 saturated heterocycles. The minimum absolute atomic E-state index is 0.329. The molecule has 1 aliphatic rings. The van der Waals surface area contributed by atoms with E-state index in [1.165, 1.54) is 0 Å². The molecule has 94 valence electrons. The third-order valence-electron chi connectivity index (χ3n) is 3.24. The van der Waals surface area contributed by atoms with Gasteiger partial charge in [-0.15, -0.1) is 11.3 Å². The number of aromatic nitrogens is 1. The van der Waals surface area contributed by atoms with Gasteiger partial charge in [0.1, 0.15) is 12.4 Å². The summed E-state index contributed by atoms with van der Waals surface area (Å²) in [4.78, 5) is 4.38. The number of aliphatic hydroxyl groups is 1. The average Bonchev–Trinajstić information content (AvgIpc) is 2.94. The molecular weight excluding hydrogens is 246 g/mol. The van der Waals surface area contributed by atoms with Crippen molar-refractivity contribution in [3.8, 4) is 5.75 Å². The highest BCUT2D eigenvalue weighted by atomic mass is 32.1. The van der Waals surface area contributed by atoms with E-state index in [2.05, 4.69) is 4.98 Å². The van der Waals surface area contributed by atoms with Gasteiger partial charge in [0.15, 0.2) is 0 Å². The fraction of sp³-hybridized carbons (Fsp3) is 0.357. The second kappa shape index (κ2) is 4.71. The smallest absolute Gasteiger partial charge is 0.131 e. The molecule has 1 aliphatic carbocycles. The van der Waals surface area contributed by atoms with Crippen LogP contribution in [-0.2, 0) is 13.0 Å². The Morgan fingerprint density at radius 3 is 3.17 bits per heavy atom. The van der Waals surface area contributed by atoms with Crippen molar-refractivity contribution in [1.82, 2.24) is 4.98 Å². The van der Waals surface area contributed by atoms with Gasteiger partial charge >= 0.3 is 0 Å². The molecule has 1 heterocycles. The van der Waals surface area contributed by atoms with Gasteiger partial charge in [-0.1, -0.05) is 12.1 Å². The lowest BCUT2D eigenvalue weighted by molar-refractivity contribution is 0.180. The van der Waals surface area contributed by atoms with Crippen LogP contribution in [0.5, 0.6) is 5.75 Å². The molecule has 18 heavy (non-hydrogen) atoms. The number of benzene rings is 1. The van der Waals surface area contributed by atoms with E-state index in [0.717, 1.165) is 40.4 Å². The molecular formula is C14H15NO2S. The Hall–Kier alpha value is -1.39. The number of thiazole rings is 1. The number of rotatable bonds is 3. The van der Waals surface area contributed by atoms with Gasteiger partial charge in [-0.3, -0.25) is 0 Å². The topological polar surface area (TPSA) is 42.4 Å². The monoisotopic (exact) mass is 261 g/mol. The van der Waals surface area contributed by atoms with Crippen molar-refractivity contribution < 1.29 is 9.84 Å². The van der Waals surface area contributed by atoms with Crippen molar-refractivity contribution >= 4 is 11.3 Å². The van der Waals surface area contributed by atoms with Crippen molar-refractivity contribution in [2.24, 2.45) is 0 Å². The highest BCUT2D eigenvalue weighted by Gasteiger charge is 2.23. The van der Waals surface area contributed by atoms with Crippen LogP contribution in [0.2, 0.25) is 0 Å². The summed E-state index contributed by atoms with van der Waals surface area (Å²) >= 11 is 1.63. The number of ether oxygens (including phenoxy) is 1. The van der Waals surface area contributed by atoms with Crippen LogP contribution in [0.25, 0.3) is 0 Å². The molecule has 0 radical (unpaired) electrons. The zero-order valence-corrected chi connectivity index (χ0v) is 11.0. The Morgan fingerprint density at radius 2 is 2.39 bits per heavy atom. The minimum Gasteiger partial charge on any atom is -0.487 e. The molecule has 0 fully saturated rings. The number of hydrogen-bond acceptors (Lipinski definition) is 4. The standard InChI is InChI=1S/C14H15NO2S/c1-9-15-10(8-18-9)7-17-14-4-2-3-11-12(14)5-6-13(11)16/h2-4,8,13,16H,5-7H2,1H3. The van der Waals surface area contributed by atoms with Crippen LogP contribution in [0.15, 0.2) is 23.6 Å². The van der Waals surface area contributed by atoms with Crippen molar-refractivity contribution in [2.45, 2.75) is 32.5 Å². The summed E-state index contributed by atoms with van der Waals surface area (Å²) in [5.41, 5.74) is 3.13. The molecule has 4 heteroatoms. The van der Waals surface area contributed by atoms with Crippen molar-refractivity contribution in [3.63, 3.8) is 0 Å². The molecule has 1 aromatic heterocycles. The molecule has 0 saturated carbocycles. The molecule has 1 atom stereocenters. The summed E-state index contributed by atoms with van der Waals surface area (Å²) in [5, 5.41) is 12.9. The third-order valence-corrected chi connectivity index (χ3v) is 4.06. The number of fused-ring (bicyclic) bond motifs is 1. The number of hydrogen-bond donors (Lipinski definition) is 1. The molecule has 1 aromatic carbocycles. The molecule has 0 aliphatic heterocycles. The van der Waals surface area contributed by atoms with Crippen molar-refractivity contribution in [3.05, 3.63) is 45.4 Å². The van der Waals surface area contributed by atoms with Crippen LogP contribution < -0.4 is 4.74 Å². The summed E-state index contributed by atoms with van der Waals surface area (Å²) in [6.45, 7) is 2.49. The summed E-state index contributed by atoms with van der Waals surface area (Å²) in [7, 11) is 0. The highest BCUT2D eigenvalue weighted by Crippen LogP contribution is 2.36. The maximum absolute atomic E-state index is 9.83. The molecule has 1 N–H and O–H groups in total. The zero-order chi connectivity index (χ0) is 12.5. The van der Waals surface area contributed by atoms with Gasteiger partial charge in [0, 0.05) is 10.9 Å². The molecule has 3 rings (SSSR count). The number of aryl methyl sites for hydroxylation is 1. The van der Waals surface area contributed by atoms with Gasteiger partial charge in [-0.05, 0) is 31.4 Å². The summed E-state index contributed by atoms with van der Waals surface area (Å²) in [5.74, 6) is 0.884. The Bertz CT molecular complexity index is 565. The van der Waals surface area contributed by atoms with Crippen LogP contribution in [-0.4, -0.2) is 10.1 Å². The lowest BCUT2D eigenvalue weighted by Gasteiger charge is -2.10. The third kappa shape index (κ3) is 2.13. The summed E-state index contributed by atoms with van der Waals surface area (Å²) in [6.07, 6.45) is 1.36. The SMILES string of the molecule is Cc1nc(COc2cccc3c2CCC3O)cs1. The molecule has 0 spiro atoms. The summed E-state index contributed by atoms with van der Waals surface area (Å²) < 4.78 is 5.83. The van der Waals surface area contributed by atoms with Gasteiger partial charge in [0.05, 0.1) is 16.8 Å². The van der Waals surface area contributed by atoms with Gasteiger partial charge in [-0.2, -0.15) is 0 Å². The largest absolute Gasteiger partial charge is 0.487 e. The van der Waals surface area contributed by atoms with Gasteiger partial charge in [0.2, 0.25) is 0 Å². The molecule has 0 bridgehead atoms. The van der Waals surface area contributed by atoms with E-state index in [-0.39, 0.29) is 6.10 Å².